The fraction of sp³-hybridized carbons (Fsp3) is 0.667. The third-order valence-electron chi connectivity index (χ3n) is 4.74. The van der Waals surface area contributed by atoms with E-state index in [2.05, 4.69) is 39.1 Å². The van der Waals surface area contributed by atoms with E-state index >= 15 is 0 Å². The van der Waals surface area contributed by atoms with E-state index in [9.17, 15) is 4.39 Å². The highest BCUT2D eigenvalue weighted by Gasteiger charge is 2.36. The lowest BCUT2D eigenvalue weighted by Gasteiger charge is -2.41. The molecule has 1 aliphatic rings. The van der Waals surface area contributed by atoms with Crippen LogP contribution in [0.1, 0.15) is 57.1 Å². The van der Waals surface area contributed by atoms with Gasteiger partial charge in [-0.25, -0.2) is 4.39 Å². The topological polar surface area (TPSA) is 12.0 Å². The van der Waals surface area contributed by atoms with Crippen LogP contribution in [0.2, 0.25) is 0 Å². The molecule has 0 bridgehead atoms. The van der Waals surface area contributed by atoms with Crippen molar-refractivity contribution >= 4 is 0 Å². The molecular weight excluding hydrogens is 249 g/mol. The van der Waals surface area contributed by atoms with E-state index in [0.717, 1.165) is 30.6 Å². The van der Waals surface area contributed by atoms with Gasteiger partial charge in [0, 0.05) is 0 Å². The summed E-state index contributed by atoms with van der Waals surface area (Å²) in [5.41, 5.74) is 2.41. The molecule has 20 heavy (non-hydrogen) atoms. The summed E-state index contributed by atoms with van der Waals surface area (Å²) in [6, 6.07) is 5.56. The lowest BCUT2D eigenvalue weighted by Crippen LogP contribution is -2.35. The van der Waals surface area contributed by atoms with E-state index < -0.39 is 0 Å². The maximum Gasteiger partial charge on any atom is 0.126 e. The molecule has 0 heterocycles. The highest BCUT2D eigenvalue weighted by molar-refractivity contribution is 5.28. The SMILES string of the molecule is CCNCC1CCC(C)(C)CC1c1cc(C)ccc1F. The van der Waals surface area contributed by atoms with Crippen LogP contribution in [0, 0.1) is 24.1 Å². The minimum Gasteiger partial charge on any atom is -0.317 e. The molecule has 0 saturated heterocycles. The average molecular weight is 277 g/mol. The molecule has 0 aliphatic heterocycles. The van der Waals surface area contributed by atoms with Gasteiger partial charge in [0.25, 0.3) is 0 Å². The molecule has 2 rings (SSSR count). The normalized spacial score (nSPS) is 25.6. The Kier molecular flexibility index (Phi) is 4.85. The molecule has 2 atom stereocenters. The second kappa shape index (κ2) is 6.26. The van der Waals surface area contributed by atoms with Crippen molar-refractivity contribution in [3.63, 3.8) is 0 Å². The molecular formula is C18H28FN. The van der Waals surface area contributed by atoms with Crippen LogP contribution in [0.3, 0.4) is 0 Å². The zero-order valence-corrected chi connectivity index (χ0v) is 13.3. The summed E-state index contributed by atoms with van der Waals surface area (Å²) in [6.45, 7) is 10.8. The van der Waals surface area contributed by atoms with Crippen LogP contribution in [-0.2, 0) is 0 Å². The van der Waals surface area contributed by atoms with Crippen molar-refractivity contribution in [2.75, 3.05) is 13.1 Å². The van der Waals surface area contributed by atoms with Crippen LogP contribution >= 0.6 is 0 Å². The molecule has 1 aromatic rings. The smallest absolute Gasteiger partial charge is 0.126 e. The van der Waals surface area contributed by atoms with Crippen LogP contribution < -0.4 is 5.32 Å². The van der Waals surface area contributed by atoms with E-state index in [1.165, 1.54) is 12.8 Å². The van der Waals surface area contributed by atoms with E-state index in [1.54, 1.807) is 6.07 Å². The molecule has 2 heteroatoms. The number of nitrogens with one attached hydrogen (secondary N) is 1. The lowest BCUT2D eigenvalue weighted by molar-refractivity contribution is 0.158. The predicted octanol–water partition coefficient (Wildman–Crippen LogP) is 4.65. The maximum atomic E-state index is 14.3. The Labute approximate surface area is 123 Å². The second-order valence-electron chi connectivity index (χ2n) is 7.11. The van der Waals surface area contributed by atoms with Gasteiger partial charge in [0.05, 0.1) is 0 Å². The van der Waals surface area contributed by atoms with Crippen molar-refractivity contribution in [1.82, 2.24) is 5.32 Å². The van der Waals surface area contributed by atoms with Crippen molar-refractivity contribution in [3.05, 3.63) is 35.1 Å². The molecule has 0 amide bonds. The Morgan fingerprint density at radius 3 is 2.80 bits per heavy atom. The number of halogens is 1. The fourth-order valence-electron chi connectivity index (χ4n) is 3.53. The molecule has 1 N–H and O–H groups in total. The molecule has 1 saturated carbocycles. The van der Waals surface area contributed by atoms with E-state index in [0.29, 0.717) is 17.3 Å². The Morgan fingerprint density at radius 2 is 2.10 bits per heavy atom. The summed E-state index contributed by atoms with van der Waals surface area (Å²) in [6.07, 6.45) is 3.52. The third kappa shape index (κ3) is 3.60. The summed E-state index contributed by atoms with van der Waals surface area (Å²) >= 11 is 0. The third-order valence-corrected chi connectivity index (χ3v) is 4.74. The minimum absolute atomic E-state index is 0.0280. The van der Waals surface area contributed by atoms with Gasteiger partial charge in [-0.3, -0.25) is 0 Å². The Bertz CT molecular complexity index is 453. The van der Waals surface area contributed by atoms with E-state index in [-0.39, 0.29) is 5.82 Å². The highest BCUT2D eigenvalue weighted by Crippen LogP contribution is 2.47. The first kappa shape index (κ1) is 15.5. The van der Waals surface area contributed by atoms with Crippen LogP contribution in [0.15, 0.2) is 18.2 Å². The highest BCUT2D eigenvalue weighted by atomic mass is 19.1. The van der Waals surface area contributed by atoms with E-state index in [1.807, 2.05) is 6.07 Å². The quantitative estimate of drug-likeness (QED) is 0.844. The van der Waals surface area contributed by atoms with Gasteiger partial charge in [-0.15, -0.1) is 0 Å². The molecule has 0 radical (unpaired) electrons. The second-order valence-corrected chi connectivity index (χ2v) is 7.11. The molecule has 1 aliphatic carbocycles. The number of hydrogen-bond donors (Lipinski definition) is 1. The van der Waals surface area contributed by atoms with Gasteiger partial charge in [0.1, 0.15) is 5.82 Å². The molecule has 0 aromatic heterocycles. The zero-order chi connectivity index (χ0) is 14.8. The molecule has 0 spiro atoms. The van der Waals surface area contributed by atoms with Crippen LogP contribution in [0.5, 0.6) is 0 Å². The predicted molar refractivity (Wildman–Crippen MR) is 83.5 cm³/mol. The molecule has 1 aromatic carbocycles. The number of benzene rings is 1. The van der Waals surface area contributed by atoms with Crippen LogP contribution in [0.25, 0.3) is 0 Å². The van der Waals surface area contributed by atoms with Gasteiger partial charge in [-0.05, 0) is 68.2 Å². The fourth-order valence-corrected chi connectivity index (χ4v) is 3.53. The summed E-state index contributed by atoms with van der Waals surface area (Å²) in [5.74, 6) is 0.872. The first-order valence-electron chi connectivity index (χ1n) is 7.90. The molecule has 2 unspecified atom stereocenters. The van der Waals surface area contributed by atoms with Crippen molar-refractivity contribution in [1.29, 1.82) is 0 Å². The Hall–Kier alpha value is -0.890. The van der Waals surface area contributed by atoms with Gasteiger partial charge in [-0.1, -0.05) is 38.5 Å². The first-order chi connectivity index (χ1) is 9.43. The Balaban J connectivity index is 2.28. The van der Waals surface area contributed by atoms with Gasteiger partial charge >= 0.3 is 0 Å². The van der Waals surface area contributed by atoms with Crippen molar-refractivity contribution in [2.45, 2.75) is 52.9 Å². The molecule has 112 valence electrons. The van der Waals surface area contributed by atoms with Crippen molar-refractivity contribution in [3.8, 4) is 0 Å². The number of aryl methyl sites for hydroxylation is 1. The summed E-state index contributed by atoms with van der Waals surface area (Å²) in [5, 5.41) is 3.46. The van der Waals surface area contributed by atoms with Crippen LogP contribution in [-0.4, -0.2) is 13.1 Å². The van der Waals surface area contributed by atoms with Gasteiger partial charge < -0.3 is 5.32 Å². The maximum absolute atomic E-state index is 14.3. The summed E-state index contributed by atoms with van der Waals surface area (Å²) in [7, 11) is 0. The standard InChI is InChI=1S/C18H28FN/c1-5-20-12-14-8-9-18(3,4)11-16(14)15-10-13(2)6-7-17(15)19/h6-7,10,14,16,20H,5,8-9,11-12H2,1-4H3. The Morgan fingerprint density at radius 1 is 1.35 bits per heavy atom. The minimum atomic E-state index is -0.0280. The van der Waals surface area contributed by atoms with Gasteiger partial charge in [-0.2, -0.15) is 0 Å². The molecule has 1 nitrogen and oxygen atoms in total. The van der Waals surface area contributed by atoms with Gasteiger partial charge in [0.15, 0.2) is 0 Å². The van der Waals surface area contributed by atoms with E-state index in [4.69, 9.17) is 0 Å². The number of rotatable bonds is 4. The molecule has 1 fully saturated rings. The summed E-state index contributed by atoms with van der Waals surface area (Å²) < 4.78 is 14.3. The van der Waals surface area contributed by atoms with Crippen LogP contribution in [0.4, 0.5) is 4.39 Å². The largest absolute Gasteiger partial charge is 0.317 e. The first-order valence-corrected chi connectivity index (χ1v) is 7.90. The number of hydrogen-bond acceptors (Lipinski definition) is 1. The average Bonchev–Trinajstić information content (AvgIpc) is 2.39. The lowest BCUT2D eigenvalue weighted by atomic mass is 9.65. The van der Waals surface area contributed by atoms with Crippen molar-refractivity contribution in [2.24, 2.45) is 11.3 Å². The summed E-state index contributed by atoms with van der Waals surface area (Å²) in [4.78, 5) is 0. The van der Waals surface area contributed by atoms with Crippen molar-refractivity contribution < 1.29 is 4.39 Å². The zero-order valence-electron chi connectivity index (χ0n) is 13.3. The monoisotopic (exact) mass is 277 g/mol. The van der Waals surface area contributed by atoms with Gasteiger partial charge in [0.2, 0.25) is 0 Å².